The van der Waals surface area contributed by atoms with Crippen molar-refractivity contribution in [2.24, 2.45) is 4.99 Å². The van der Waals surface area contributed by atoms with E-state index in [1.807, 2.05) is 6.07 Å². The van der Waals surface area contributed by atoms with Crippen LogP contribution in [-0.4, -0.2) is 30.9 Å². The summed E-state index contributed by atoms with van der Waals surface area (Å²) in [6.45, 7) is 8.01. The molecule has 3 aromatic rings. The summed E-state index contributed by atoms with van der Waals surface area (Å²) in [5, 5.41) is 0.803. The van der Waals surface area contributed by atoms with E-state index in [1.165, 1.54) is 22.0 Å². The Kier molecular flexibility index (Phi) is 9.32. The number of hydrogen-bond acceptors (Lipinski definition) is 7. The molecule has 0 N–H and O–H groups in total. The van der Waals surface area contributed by atoms with Gasteiger partial charge in [0, 0.05) is 0 Å². The Morgan fingerprint density at radius 3 is 2.67 bits per heavy atom. The number of benzene rings is 2. The molecule has 1 aliphatic heterocycles. The molecule has 0 bridgehead atoms. The first-order valence-electron chi connectivity index (χ1n) is 12.3. The van der Waals surface area contributed by atoms with E-state index in [1.54, 1.807) is 50.4 Å². The molecule has 1 unspecified atom stereocenters. The number of thiazole rings is 1. The molecule has 0 aliphatic carbocycles. The minimum Gasteiger partial charge on any atom is -0.493 e. The van der Waals surface area contributed by atoms with Gasteiger partial charge in [0.2, 0.25) is 0 Å². The van der Waals surface area contributed by atoms with Crippen LogP contribution >= 0.6 is 34.5 Å². The second kappa shape index (κ2) is 12.7. The summed E-state index contributed by atoms with van der Waals surface area (Å²) in [6, 6.07) is 9.72. The van der Waals surface area contributed by atoms with E-state index in [2.05, 4.69) is 18.5 Å². The molecule has 204 valence electrons. The Hall–Kier alpha value is -3.33. The smallest absolute Gasteiger partial charge is 0.338 e. The summed E-state index contributed by atoms with van der Waals surface area (Å²) in [4.78, 5) is 32.1. The number of rotatable bonds is 10. The Balaban J connectivity index is 1.89. The van der Waals surface area contributed by atoms with E-state index in [-0.39, 0.29) is 17.7 Å². The lowest BCUT2D eigenvalue weighted by atomic mass is 9.95. The van der Waals surface area contributed by atoms with Gasteiger partial charge in [-0.15, -0.1) is 0 Å². The summed E-state index contributed by atoms with van der Waals surface area (Å²) in [7, 11) is 1.55. The summed E-state index contributed by atoms with van der Waals surface area (Å²) in [5.41, 5.74) is 1.77. The molecular formula is C29H28Cl2N2O5S. The van der Waals surface area contributed by atoms with Crippen molar-refractivity contribution in [3.05, 3.63) is 101 Å². The van der Waals surface area contributed by atoms with E-state index in [9.17, 15) is 9.59 Å². The number of methoxy groups -OCH3 is 1. The van der Waals surface area contributed by atoms with Crippen molar-refractivity contribution in [3.8, 4) is 11.5 Å². The highest BCUT2D eigenvalue weighted by molar-refractivity contribution is 7.07. The molecule has 0 fully saturated rings. The topological polar surface area (TPSA) is 79.1 Å². The SMILES string of the molecule is C=CCOC(=O)C1=C(C)N=c2sc(=Cc3ccc(Cl)c(Cl)c3)c(=O)n2C1c1ccc(OCCCC)c(OC)c1. The Labute approximate surface area is 240 Å². The van der Waals surface area contributed by atoms with Gasteiger partial charge in [-0.05, 0) is 54.8 Å². The van der Waals surface area contributed by atoms with Gasteiger partial charge in [0.05, 0.1) is 45.6 Å². The van der Waals surface area contributed by atoms with E-state index in [0.29, 0.717) is 54.3 Å². The van der Waals surface area contributed by atoms with Gasteiger partial charge >= 0.3 is 5.97 Å². The number of hydrogen-bond donors (Lipinski definition) is 0. The quantitative estimate of drug-likeness (QED) is 0.179. The molecule has 1 atom stereocenters. The first-order valence-corrected chi connectivity index (χ1v) is 13.9. The van der Waals surface area contributed by atoms with Crippen molar-refractivity contribution in [1.29, 1.82) is 0 Å². The van der Waals surface area contributed by atoms with Gasteiger partial charge < -0.3 is 14.2 Å². The first-order chi connectivity index (χ1) is 18.8. The van der Waals surface area contributed by atoms with Crippen molar-refractivity contribution < 1.29 is 19.0 Å². The maximum atomic E-state index is 13.8. The number of ether oxygens (including phenoxy) is 3. The number of esters is 1. The van der Waals surface area contributed by atoms with Crippen LogP contribution in [0.1, 0.15) is 43.9 Å². The lowest BCUT2D eigenvalue weighted by molar-refractivity contribution is -0.138. The average Bonchev–Trinajstić information content (AvgIpc) is 3.22. The number of aromatic nitrogens is 1. The van der Waals surface area contributed by atoms with Crippen molar-refractivity contribution in [2.75, 3.05) is 20.3 Å². The highest BCUT2D eigenvalue weighted by Crippen LogP contribution is 2.36. The molecule has 1 aliphatic rings. The fraction of sp³-hybridized carbons (Fsp3) is 0.276. The number of halogens is 2. The number of carbonyl (C=O) groups is 1. The maximum absolute atomic E-state index is 13.8. The minimum atomic E-state index is -0.798. The Bertz CT molecular complexity index is 1620. The maximum Gasteiger partial charge on any atom is 0.338 e. The fourth-order valence-electron chi connectivity index (χ4n) is 4.16. The molecule has 0 amide bonds. The van der Waals surface area contributed by atoms with E-state index in [0.717, 1.165) is 12.8 Å². The third kappa shape index (κ3) is 6.13. The Morgan fingerprint density at radius 1 is 1.18 bits per heavy atom. The number of carbonyl (C=O) groups excluding carboxylic acids is 1. The van der Waals surface area contributed by atoms with Crippen LogP contribution < -0.4 is 24.4 Å². The zero-order valence-electron chi connectivity index (χ0n) is 21.8. The van der Waals surface area contributed by atoms with Crippen LogP contribution in [0.4, 0.5) is 0 Å². The van der Waals surface area contributed by atoms with Gasteiger partial charge in [0.1, 0.15) is 6.61 Å². The lowest BCUT2D eigenvalue weighted by Gasteiger charge is -2.25. The molecule has 0 saturated heterocycles. The highest BCUT2D eigenvalue weighted by atomic mass is 35.5. The van der Waals surface area contributed by atoms with Gasteiger partial charge in [-0.1, -0.05) is 72.7 Å². The van der Waals surface area contributed by atoms with Gasteiger partial charge in [0.15, 0.2) is 16.3 Å². The number of allylic oxidation sites excluding steroid dienone is 1. The Morgan fingerprint density at radius 2 is 1.97 bits per heavy atom. The third-order valence-corrected chi connectivity index (χ3v) is 7.80. The molecule has 7 nitrogen and oxygen atoms in total. The predicted octanol–water partition coefficient (Wildman–Crippen LogP) is 5.46. The summed E-state index contributed by atoms with van der Waals surface area (Å²) in [5.74, 6) is 0.496. The molecule has 0 saturated carbocycles. The van der Waals surface area contributed by atoms with Crippen molar-refractivity contribution in [2.45, 2.75) is 32.7 Å². The molecule has 2 heterocycles. The van der Waals surface area contributed by atoms with Gasteiger partial charge in [-0.2, -0.15) is 0 Å². The number of unbranched alkanes of at least 4 members (excludes halogenated alkanes) is 1. The second-order valence-electron chi connectivity index (χ2n) is 8.75. The molecule has 0 radical (unpaired) electrons. The van der Waals surface area contributed by atoms with Crippen molar-refractivity contribution in [1.82, 2.24) is 4.57 Å². The van der Waals surface area contributed by atoms with E-state index < -0.39 is 12.0 Å². The van der Waals surface area contributed by atoms with Crippen LogP contribution in [0.3, 0.4) is 0 Å². The highest BCUT2D eigenvalue weighted by Gasteiger charge is 2.34. The van der Waals surface area contributed by atoms with Crippen LogP contribution in [0.5, 0.6) is 11.5 Å². The minimum absolute atomic E-state index is 0.0254. The largest absolute Gasteiger partial charge is 0.493 e. The normalized spacial score (nSPS) is 15.0. The van der Waals surface area contributed by atoms with Crippen LogP contribution in [0.25, 0.3) is 6.08 Å². The first kappa shape index (κ1) is 28.7. The van der Waals surface area contributed by atoms with Gasteiger partial charge in [-0.3, -0.25) is 9.36 Å². The summed E-state index contributed by atoms with van der Waals surface area (Å²) in [6.07, 6.45) is 5.11. The van der Waals surface area contributed by atoms with Crippen LogP contribution in [-0.2, 0) is 9.53 Å². The zero-order valence-corrected chi connectivity index (χ0v) is 24.2. The fourth-order valence-corrected chi connectivity index (χ4v) is 5.52. The summed E-state index contributed by atoms with van der Waals surface area (Å²) < 4.78 is 18.8. The molecule has 4 rings (SSSR count). The van der Waals surface area contributed by atoms with Gasteiger partial charge in [-0.25, -0.2) is 9.79 Å². The lowest BCUT2D eigenvalue weighted by Crippen LogP contribution is -2.40. The van der Waals surface area contributed by atoms with Gasteiger partial charge in [0.25, 0.3) is 5.56 Å². The molecule has 39 heavy (non-hydrogen) atoms. The molecule has 2 aromatic carbocycles. The third-order valence-electron chi connectivity index (χ3n) is 6.07. The van der Waals surface area contributed by atoms with Crippen LogP contribution in [0.15, 0.2) is 70.1 Å². The van der Waals surface area contributed by atoms with E-state index >= 15 is 0 Å². The average molecular weight is 588 g/mol. The molecular weight excluding hydrogens is 559 g/mol. The van der Waals surface area contributed by atoms with Crippen molar-refractivity contribution >= 4 is 46.6 Å². The monoisotopic (exact) mass is 586 g/mol. The predicted molar refractivity (Wildman–Crippen MR) is 155 cm³/mol. The van der Waals surface area contributed by atoms with Crippen LogP contribution in [0.2, 0.25) is 10.0 Å². The summed E-state index contributed by atoms with van der Waals surface area (Å²) >= 11 is 13.5. The van der Waals surface area contributed by atoms with Crippen molar-refractivity contribution in [3.63, 3.8) is 0 Å². The molecule has 0 spiro atoms. The molecule has 1 aromatic heterocycles. The second-order valence-corrected chi connectivity index (χ2v) is 10.6. The zero-order chi connectivity index (χ0) is 28.1. The molecule has 10 heteroatoms. The number of fused-ring (bicyclic) bond motifs is 1. The number of nitrogens with zero attached hydrogens (tertiary/aromatic N) is 2. The van der Waals surface area contributed by atoms with E-state index in [4.69, 9.17) is 37.4 Å². The van der Waals surface area contributed by atoms with Crippen LogP contribution in [0, 0.1) is 0 Å². The standard InChI is InChI=1S/C29H28Cl2N2O5S/c1-5-7-13-37-22-11-9-19(16-23(22)36-4)26-25(28(35)38-12-6-2)17(3)32-29-33(26)27(34)24(39-29)15-18-8-10-20(30)21(31)14-18/h6,8-11,14-16,26H,2,5,7,12-13H2,1,3-4H3.